The molecule has 4 rings (SSSR count). The minimum Gasteiger partial charge on any atom is -0.330 e. The normalized spacial score (nSPS) is 22.0. The maximum Gasteiger partial charge on any atom is 0.0213 e. The van der Waals surface area contributed by atoms with E-state index in [1.165, 1.54) is 35.1 Å². The van der Waals surface area contributed by atoms with Crippen LogP contribution < -0.4 is 5.73 Å². The lowest BCUT2D eigenvalue weighted by molar-refractivity contribution is 0.383. The van der Waals surface area contributed by atoms with Crippen LogP contribution in [0, 0.1) is 0 Å². The van der Waals surface area contributed by atoms with Gasteiger partial charge in [0.15, 0.2) is 0 Å². The Kier molecular flexibility index (Phi) is 5.73. The molecule has 3 aromatic rings. The van der Waals surface area contributed by atoms with E-state index in [1.807, 2.05) is 0 Å². The molecular weight excluding hydrogens is 338 g/mol. The van der Waals surface area contributed by atoms with Gasteiger partial charge in [-0.25, -0.2) is 0 Å². The number of hydrogen-bond acceptors (Lipinski definition) is 1. The molecule has 1 unspecified atom stereocenters. The minimum atomic E-state index is -0.0581. The molecule has 0 heterocycles. The fourth-order valence-electron chi connectivity index (χ4n) is 4.81. The molecular formula is C27H29N. The monoisotopic (exact) mass is 367 g/mol. The molecule has 0 aromatic heterocycles. The molecule has 0 bridgehead atoms. The number of hydrogen-bond donors (Lipinski definition) is 1. The number of nitrogens with two attached hydrogens (primary N) is 1. The molecule has 1 nitrogen and oxygen atoms in total. The van der Waals surface area contributed by atoms with Crippen molar-refractivity contribution in [3.05, 3.63) is 108 Å². The van der Waals surface area contributed by atoms with Crippen molar-refractivity contribution in [1.29, 1.82) is 0 Å². The molecule has 0 saturated carbocycles. The first-order chi connectivity index (χ1) is 13.8. The molecule has 0 spiro atoms. The van der Waals surface area contributed by atoms with Crippen molar-refractivity contribution in [2.75, 3.05) is 6.54 Å². The minimum absolute atomic E-state index is 0.0581. The summed E-state index contributed by atoms with van der Waals surface area (Å²) in [6, 6.07) is 30.8. The van der Waals surface area contributed by atoms with Crippen molar-refractivity contribution in [3.8, 4) is 11.1 Å². The lowest BCUT2D eigenvalue weighted by atomic mass is 9.64. The van der Waals surface area contributed by atoms with E-state index in [1.54, 1.807) is 0 Å². The highest BCUT2D eigenvalue weighted by atomic mass is 14.6. The van der Waals surface area contributed by atoms with Crippen LogP contribution in [-0.2, 0) is 5.41 Å². The lowest BCUT2D eigenvalue weighted by Gasteiger charge is -2.39. The van der Waals surface area contributed by atoms with Gasteiger partial charge >= 0.3 is 0 Å². The summed E-state index contributed by atoms with van der Waals surface area (Å²) in [5, 5.41) is 0. The third-order valence-electron chi connectivity index (χ3n) is 6.17. The Balaban J connectivity index is 1.86. The van der Waals surface area contributed by atoms with Gasteiger partial charge < -0.3 is 5.73 Å². The van der Waals surface area contributed by atoms with Gasteiger partial charge in [0, 0.05) is 5.41 Å². The Morgan fingerprint density at radius 1 is 0.821 bits per heavy atom. The summed E-state index contributed by atoms with van der Waals surface area (Å²) in [4.78, 5) is 0. The smallest absolute Gasteiger partial charge is 0.0213 e. The first-order valence-electron chi connectivity index (χ1n) is 10.4. The zero-order valence-electron chi connectivity index (χ0n) is 16.4. The largest absolute Gasteiger partial charge is 0.330 e. The van der Waals surface area contributed by atoms with Crippen molar-refractivity contribution < 1.29 is 0 Å². The van der Waals surface area contributed by atoms with E-state index in [4.69, 9.17) is 5.73 Å². The topological polar surface area (TPSA) is 26.0 Å². The van der Waals surface area contributed by atoms with Crippen LogP contribution in [0.3, 0.4) is 0 Å². The molecule has 0 radical (unpaired) electrons. The third kappa shape index (κ3) is 3.68. The SMILES string of the molecule is NCCC1(c2cccc(-c3ccccc3)c2)C=CCCC[C@H]1c1ccccc1. The zero-order valence-corrected chi connectivity index (χ0v) is 16.4. The molecule has 1 aliphatic rings. The number of allylic oxidation sites excluding steroid dienone is 2. The molecule has 2 N–H and O–H groups in total. The molecule has 0 saturated heterocycles. The van der Waals surface area contributed by atoms with E-state index in [0.717, 1.165) is 12.8 Å². The van der Waals surface area contributed by atoms with Crippen LogP contribution in [0.5, 0.6) is 0 Å². The summed E-state index contributed by atoms with van der Waals surface area (Å²) < 4.78 is 0. The molecule has 2 atom stereocenters. The van der Waals surface area contributed by atoms with E-state index in [9.17, 15) is 0 Å². The molecule has 3 aromatic carbocycles. The van der Waals surface area contributed by atoms with Crippen LogP contribution in [0.2, 0.25) is 0 Å². The number of rotatable bonds is 5. The highest BCUT2D eigenvalue weighted by Gasteiger charge is 2.39. The van der Waals surface area contributed by atoms with Crippen LogP contribution in [0.4, 0.5) is 0 Å². The predicted octanol–water partition coefficient (Wildman–Crippen LogP) is 6.46. The Labute approximate surface area is 168 Å². The van der Waals surface area contributed by atoms with Crippen molar-refractivity contribution in [1.82, 2.24) is 0 Å². The second-order valence-electron chi connectivity index (χ2n) is 7.82. The van der Waals surface area contributed by atoms with Crippen LogP contribution >= 0.6 is 0 Å². The van der Waals surface area contributed by atoms with E-state index in [2.05, 4.69) is 97.1 Å². The van der Waals surface area contributed by atoms with E-state index >= 15 is 0 Å². The zero-order chi connectivity index (χ0) is 19.2. The molecule has 0 amide bonds. The van der Waals surface area contributed by atoms with Gasteiger partial charge in [0.05, 0.1) is 0 Å². The predicted molar refractivity (Wildman–Crippen MR) is 119 cm³/mol. The Morgan fingerprint density at radius 2 is 1.54 bits per heavy atom. The fraction of sp³-hybridized carbons (Fsp3) is 0.259. The molecule has 0 aliphatic heterocycles. The van der Waals surface area contributed by atoms with Crippen molar-refractivity contribution in [2.24, 2.45) is 5.73 Å². The number of benzene rings is 3. The molecule has 1 aliphatic carbocycles. The second kappa shape index (κ2) is 8.58. The van der Waals surface area contributed by atoms with Crippen molar-refractivity contribution in [2.45, 2.75) is 37.0 Å². The summed E-state index contributed by atoms with van der Waals surface area (Å²) in [6.45, 7) is 0.684. The summed E-state index contributed by atoms with van der Waals surface area (Å²) in [5.74, 6) is 0.446. The Hall–Kier alpha value is -2.64. The highest BCUT2D eigenvalue weighted by molar-refractivity contribution is 5.65. The van der Waals surface area contributed by atoms with Crippen LogP contribution in [0.1, 0.15) is 42.7 Å². The van der Waals surface area contributed by atoms with Gasteiger partial charge in [-0.05, 0) is 60.4 Å². The fourth-order valence-corrected chi connectivity index (χ4v) is 4.81. The van der Waals surface area contributed by atoms with Gasteiger partial charge in [-0.2, -0.15) is 0 Å². The second-order valence-corrected chi connectivity index (χ2v) is 7.82. The maximum atomic E-state index is 6.19. The molecule has 1 heteroatoms. The van der Waals surface area contributed by atoms with Crippen LogP contribution in [0.15, 0.2) is 97.1 Å². The van der Waals surface area contributed by atoms with Gasteiger partial charge in [-0.15, -0.1) is 0 Å². The van der Waals surface area contributed by atoms with E-state index < -0.39 is 0 Å². The Bertz CT molecular complexity index is 913. The van der Waals surface area contributed by atoms with E-state index in [0.29, 0.717) is 12.5 Å². The van der Waals surface area contributed by atoms with Gasteiger partial charge in [-0.3, -0.25) is 0 Å². The summed E-state index contributed by atoms with van der Waals surface area (Å²) in [7, 11) is 0. The van der Waals surface area contributed by atoms with Gasteiger partial charge in [-0.1, -0.05) is 97.1 Å². The Morgan fingerprint density at radius 3 is 2.29 bits per heavy atom. The standard InChI is InChI=1S/C27H29N/c28-20-19-27(18-9-3-8-17-26(27)23-13-6-2-7-14-23)25-16-10-15-24(21-25)22-11-4-1-5-12-22/h1-2,4-7,9-16,18,21,26H,3,8,17,19-20,28H2/t26-,27?/m0/s1. The quantitative estimate of drug-likeness (QED) is 0.514. The first-order valence-corrected chi connectivity index (χ1v) is 10.4. The average Bonchev–Trinajstić information content (AvgIpc) is 2.99. The molecule has 28 heavy (non-hydrogen) atoms. The molecule has 142 valence electrons. The van der Waals surface area contributed by atoms with Crippen molar-refractivity contribution >= 4 is 0 Å². The van der Waals surface area contributed by atoms with E-state index in [-0.39, 0.29) is 5.41 Å². The molecule has 0 fully saturated rings. The van der Waals surface area contributed by atoms with Gasteiger partial charge in [0.2, 0.25) is 0 Å². The summed E-state index contributed by atoms with van der Waals surface area (Å²) in [6.07, 6.45) is 9.37. The third-order valence-corrected chi connectivity index (χ3v) is 6.17. The van der Waals surface area contributed by atoms with Crippen molar-refractivity contribution in [3.63, 3.8) is 0 Å². The summed E-state index contributed by atoms with van der Waals surface area (Å²) >= 11 is 0. The lowest BCUT2D eigenvalue weighted by Crippen LogP contribution is -2.34. The average molecular weight is 368 g/mol. The highest BCUT2D eigenvalue weighted by Crippen LogP contribution is 2.48. The van der Waals surface area contributed by atoms with Gasteiger partial charge in [0.1, 0.15) is 0 Å². The van der Waals surface area contributed by atoms with Crippen LogP contribution in [0.25, 0.3) is 11.1 Å². The van der Waals surface area contributed by atoms with Crippen LogP contribution in [-0.4, -0.2) is 6.54 Å². The van der Waals surface area contributed by atoms with Gasteiger partial charge in [0.25, 0.3) is 0 Å². The first kappa shape index (κ1) is 18.7. The maximum absolute atomic E-state index is 6.19. The summed E-state index contributed by atoms with van der Waals surface area (Å²) in [5.41, 5.74) is 11.5.